The lowest BCUT2D eigenvalue weighted by Crippen LogP contribution is -2.11. The Labute approximate surface area is 113 Å². The van der Waals surface area contributed by atoms with Gasteiger partial charge in [0, 0.05) is 0 Å². The van der Waals surface area contributed by atoms with E-state index in [2.05, 4.69) is 24.3 Å². The Morgan fingerprint density at radius 2 is 2.00 bits per heavy atom. The summed E-state index contributed by atoms with van der Waals surface area (Å²) in [6, 6.07) is 10.5. The zero-order valence-corrected chi connectivity index (χ0v) is 11.4. The van der Waals surface area contributed by atoms with E-state index < -0.39 is 5.97 Å². The summed E-state index contributed by atoms with van der Waals surface area (Å²) in [6.07, 6.45) is 4.87. The van der Waals surface area contributed by atoms with Crippen molar-refractivity contribution in [3.63, 3.8) is 0 Å². The molecule has 1 fully saturated rings. The van der Waals surface area contributed by atoms with Crippen molar-refractivity contribution in [2.75, 3.05) is 11.5 Å². The summed E-state index contributed by atoms with van der Waals surface area (Å²) in [5.74, 6) is 1.52. The van der Waals surface area contributed by atoms with Crippen LogP contribution in [0.15, 0.2) is 30.3 Å². The zero-order chi connectivity index (χ0) is 12.8. The number of hydrogen-bond donors (Lipinski definition) is 1. The van der Waals surface area contributed by atoms with Gasteiger partial charge in [-0.2, -0.15) is 11.8 Å². The van der Waals surface area contributed by atoms with Gasteiger partial charge >= 0.3 is 5.97 Å². The van der Waals surface area contributed by atoms with E-state index in [1.807, 2.05) is 17.8 Å². The first kappa shape index (κ1) is 13.5. The van der Waals surface area contributed by atoms with E-state index in [-0.39, 0.29) is 5.41 Å². The van der Waals surface area contributed by atoms with E-state index in [1.165, 1.54) is 12.0 Å². The van der Waals surface area contributed by atoms with E-state index in [0.29, 0.717) is 6.42 Å². The van der Waals surface area contributed by atoms with E-state index in [9.17, 15) is 4.79 Å². The van der Waals surface area contributed by atoms with Gasteiger partial charge in [0.25, 0.3) is 0 Å². The van der Waals surface area contributed by atoms with Gasteiger partial charge in [-0.05, 0) is 48.2 Å². The number of thioether (sulfide) groups is 1. The van der Waals surface area contributed by atoms with Gasteiger partial charge in [-0.1, -0.05) is 30.3 Å². The van der Waals surface area contributed by atoms with Crippen LogP contribution in [0.25, 0.3) is 0 Å². The number of carboxylic acids is 1. The molecule has 0 unspecified atom stereocenters. The van der Waals surface area contributed by atoms with Crippen molar-refractivity contribution in [2.45, 2.75) is 32.1 Å². The highest BCUT2D eigenvalue weighted by Crippen LogP contribution is 2.51. The number of benzene rings is 1. The molecule has 2 nitrogen and oxygen atoms in total. The Morgan fingerprint density at radius 1 is 1.28 bits per heavy atom. The first-order valence-electron chi connectivity index (χ1n) is 6.54. The van der Waals surface area contributed by atoms with Crippen LogP contribution in [-0.4, -0.2) is 22.6 Å². The first-order chi connectivity index (χ1) is 8.70. The minimum atomic E-state index is -0.641. The Bertz CT molecular complexity index is 385. The van der Waals surface area contributed by atoms with E-state index in [4.69, 9.17) is 5.11 Å². The molecule has 0 aromatic heterocycles. The molecule has 1 saturated carbocycles. The van der Waals surface area contributed by atoms with E-state index in [0.717, 1.165) is 30.8 Å². The van der Waals surface area contributed by atoms with Crippen molar-refractivity contribution < 1.29 is 9.90 Å². The minimum absolute atomic E-state index is 0.142. The van der Waals surface area contributed by atoms with Crippen molar-refractivity contribution in [2.24, 2.45) is 5.41 Å². The highest BCUT2D eigenvalue weighted by atomic mass is 32.2. The molecule has 0 saturated heterocycles. The summed E-state index contributed by atoms with van der Waals surface area (Å²) in [5.41, 5.74) is 1.54. The SMILES string of the molecule is O=C(O)CC1(CSCCCc2ccccc2)CC1. The molecule has 1 aliphatic carbocycles. The monoisotopic (exact) mass is 264 g/mol. The van der Waals surface area contributed by atoms with Crippen LogP contribution in [0.2, 0.25) is 0 Å². The molecule has 1 aromatic rings. The van der Waals surface area contributed by atoms with E-state index in [1.54, 1.807) is 0 Å². The molecule has 1 aliphatic rings. The van der Waals surface area contributed by atoms with Crippen molar-refractivity contribution in [1.29, 1.82) is 0 Å². The van der Waals surface area contributed by atoms with Crippen molar-refractivity contribution in [3.8, 4) is 0 Å². The van der Waals surface area contributed by atoms with Gasteiger partial charge in [0.1, 0.15) is 0 Å². The smallest absolute Gasteiger partial charge is 0.303 e. The summed E-state index contributed by atoms with van der Waals surface area (Å²) in [5, 5.41) is 8.83. The number of aryl methyl sites for hydroxylation is 1. The molecule has 2 rings (SSSR count). The second-order valence-corrected chi connectivity index (χ2v) is 6.32. The Morgan fingerprint density at radius 3 is 2.61 bits per heavy atom. The topological polar surface area (TPSA) is 37.3 Å². The standard InChI is InChI=1S/C15H20O2S/c16-14(17)11-15(8-9-15)12-18-10-4-7-13-5-2-1-3-6-13/h1-3,5-6H,4,7-12H2,(H,16,17). The summed E-state index contributed by atoms with van der Waals surface area (Å²) in [6.45, 7) is 0. The molecule has 98 valence electrons. The predicted molar refractivity (Wildman–Crippen MR) is 76.0 cm³/mol. The van der Waals surface area contributed by atoms with E-state index >= 15 is 0 Å². The maximum absolute atomic E-state index is 10.7. The van der Waals surface area contributed by atoms with Crippen LogP contribution < -0.4 is 0 Å². The van der Waals surface area contributed by atoms with Crippen LogP contribution in [0, 0.1) is 5.41 Å². The fourth-order valence-corrected chi connectivity index (χ4v) is 3.50. The van der Waals surface area contributed by atoms with Crippen LogP contribution in [0.4, 0.5) is 0 Å². The molecular formula is C15H20O2S. The van der Waals surface area contributed by atoms with Crippen molar-refractivity contribution in [3.05, 3.63) is 35.9 Å². The molecule has 0 aliphatic heterocycles. The highest BCUT2D eigenvalue weighted by molar-refractivity contribution is 7.99. The van der Waals surface area contributed by atoms with Gasteiger partial charge in [0.05, 0.1) is 6.42 Å². The number of carbonyl (C=O) groups is 1. The molecule has 0 atom stereocenters. The van der Waals surface area contributed by atoms with Gasteiger partial charge in [-0.25, -0.2) is 0 Å². The largest absolute Gasteiger partial charge is 0.481 e. The lowest BCUT2D eigenvalue weighted by Gasteiger charge is -2.11. The quantitative estimate of drug-likeness (QED) is 0.729. The maximum Gasteiger partial charge on any atom is 0.303 e. The van der Waals surface area contributed by atoms with Crippen LogP contribution in [0.3, 0.4) is 0 Å². The average Bonchev–Trinajstić information content (AvgIpc) is 3.09. The van der Waals surface area contributed by atoms with Gasteiger partial charge < -0.3 is 5.11 Å². The van der Waals surface area contributed by atoms with Gasteiger partial charge in [0.15, 0.2) is 0 Å². The summed E-state index contributed by atoms with van der Waals surface area (Å²) < 4.78 is 0. The zero-order valence-electron chi connectivity index (χ0n) is 10.6. The Hall–Kier alpha value is -0.960. The number of aliphatic carboxylic acids is 1. The molecule has 0 bridgehead atoms. The molecule has 0 amide bonds. The fraction of sp³-hybridized carbons (Fsp3) is 0.533. The summed E-state index contributed by atoms with van der Waals surface area (Å²) in [4.78, 5) is 10.7. The van der Waals surface area contributed by atoms with Crippen LogP contribution >= 0.6 is 11.8 Å². The molecule has 0 spiro atoms. The first-order valence-corrected chi connectivity index (χ1v) is 7.69. The third-order valence-corrected chi connectivity index (χ3v) is 4.88. The van der Waals surface area contributed by atoms with Crippen molar-refractivity contribution >= 4 is 17.7 Å². The van der Waals surface area contributed by atoms with Crippen LogP contribution in [-0.2, 0) is 11.2 Å². The molecule has 18 heavy (non-hydrogen) atoms. The van der Waals surface area contributed by atoms with Crippen molar-refractivity contribution in [1.82, 2.24) is 0 Å². The lowest BCUT2D eigenvalue weighted by atomic mass is 10.1. The van der Waals surface area contributed by atoms with Crippen LogP contribution in [0.5, 0.6) is 0 Å². The molecule has 1 N–H and O–H groups in total. The normalized spacial score (nSPS) is 16.4. The molecule has 3 heteroatoms. The molecule has 0 heterocycles. The predicted octanol–water partition coefficient (Wildman–Crippen LogP) is 3.61. The minimum Gasteiger partial charge on any atom is -0.481 e. The number of rotatable bonds is 8. The third kappa shape index (κ3) is 4.37. The average molecular weight is 264 g/mol. The molecule has 0 radical (unpaired) electrons. The Kier molecular flexibility index (Phi) is 4.70. The van der Waals surface area contributed by atoms with Gasteiger partial charge in [-0.15, -0.1) is 0 Å². The third-order valence-electron chi connectivity index (χ3n) is 3.49. The maximum atomic E-state index is 10.7. The summed E-state index contributed by atoms with van der Waals surface area (Å²) in [7, 11) is 0. The van der Waals surface area contributed by atoms with Gasteiger partial charge in [0.2, 0.25) is 0 Å². The Balaban J connectivity index is 1.58. The molecule has 1 aromatic carbocycles. The van der Waals surface area contributed by atoms with Gasteiger partial charge in [-0.3, -0.25) is 4.79 Å². The second-order valence-electron chi connectivity index (χ2n) is 5.21. The highest BCUT2D eigenvalue weighted by Gasteiger charge is 2.43. The summed E-state index contributed by atoms with van der Waals surface area (Å²) >= 11 is 1.92. The molecular weight excluding hydrogens is 244 g/mol. The number of hydrogen-bond acceptors (Lipinski definition) is 2. The van der Waals surface area contributed by atoms with Crippen LogP contribution in [0.1, 0.15) is 31.2 Å². The lowest BCUT2D eigenvalue weighted by molar-refractivity contribution is -0.138. The number of carboxylic acid groups (broad SMARTS) is 1. The fourth-order valence-electron chi connectivity index (χ4n) is 2.18. The second kappa shape index (κ2) is 6.28.